The first-order chi connectivity index (χ1) is 11.4. The molecule has 126 valence electrons. The van der Waals surface area contributed by atoms with Gasteiger partial charge in [0.15, 0.2) is 5.69 Å². The van der Waals surface area contributed by atoms with Gasteiger partial charge in [-0.3, -0.25) is 5.32 Å². The predicted octanol–water partition coefficient (Wildman–Crippen LogP) is 4.19. The van der Waals surface area contributed by atoms with E-state index in [9.17, 15) is 9.18 Å². The Kier molecular flexibility index (Phi) is 3.63. The second kappa shape index (κ2) is 5.47. The molecule has 1 fully saturated rings. The lowest BCUT2D eigenvalue weighted by molar-refractivity contribution is 0.103. The van der Waals surface area contributed by atoms with Crippen LogP contribution in [0.25, 0.3) is 10.9 Å². The van der Waals surface area contributed by atoms with Gasteiger partial charge in [0, 0.05) is 31.4 Å². The lowest BCUT2D eigenvalue weighted by atomic mass is 10.1. The van der Waals surface area contributed by atoms with Crippen LogP contribution in [-0.4, -0.2) is 37.3 Å². The number of carbonyl (C=O) groups is 1. The van der Waals surface area contributed by atoms with Gasteiger partial charge in [-0.15, -0.1) is 0 Å². The maximum absolute atomic E-state index is 13.8. The Bertz CT molecular complexity index is 859. The number of quaternary nitrogens is 1. The summed E-state index contributed by atoms with van der Waals surface area (Å²) in [4.78, 5) is 17.2. The molecule has 24 heavy (non-hydrogen) atoms. The minimum atomic E-state index is -0.366. The summed E-state index contributed by atoms with van der Waals surface area (Å²) in [5, 5.41) is 3.74. The molecule has 3 unspecified atom stereocenters. The van der Waals surface area contributed by atoms with Crippen LogP contribution in [0, 0.1) is 5.82 Å². The van der Waals surface area contributed by atoms with Gasteiger partial charge in [0.05, 0.1) is 29.3 Å². The number of amides is 2. The van der Waals surface area contributed by atoms with Crippen LogP contribution in [0.4, 0.5) is 20.6 Å². The van der Waals surface area contributed by atoms with E-state index >= 15 is 0 Å². The average Bonchev–Trinajstić information content (AvgIpc) is 3.14. The summed E-state index contributed by atoms with van der Waals surface area (Å²) in [6.07, 6.45) is 4.61. The van der Waals surface area contributed by atoms with E-state index in [1.165, 1.54) is 6.07 Å². The molecule has 1 N–H and O–H groups in total. The Morgan fingerprint density at radius 3 is 2.92 bits per heavy atom. The summed E-state index contributed by atoms with van der Waals surface area (Å²) in [6.45, 7) is 0. The fourth-order valence-electron chi connectivity index (χ4n) is 3.96. The summed E-state index contributed by atoms with van der Waals surface area (Å²) in [5.74, 6) is -0.366. The predicted molar refractivity (Wildman–Crippen MR) is 94.6 cm³/mol. The Balaban J connectivity index is 1.86. The topological polar surface area (TPSA) is 51.2 Å². The van der Waals surface area contributed by atoms with Crippen LogP contribution in [-0.2, 0) is 4.74 Å². The Labute approximate surface area is 147 Å². The van der Waals surface area contributed by atoms with Crippen molar-refractivity contribution in [3.8, 4) is 0 Å². The molecule has 3 atom stereocenters. The van der Waals surface area contributed by atoms with E-state index in [1.54, 1.807) is 19.4 Å². The first-order valence-electron chi connectivity index (χ1n) is 7.94. The molecule has 2 aliphatic rings. The quantitative estimate of drug-likeness (QED) is 0.776. The third-order valence-corrected chi connectivity index (χ3v) is 6.07. The van der Waals surface area contributed by atoms with Gasteiger partial charge in [0.2, 0.25) is 0 Å². The van der Waals surface area contributed by atoms with E-state index in [4.69, 9.17) is 4.74 Å². The zero-order valence-corrected chi connectivity index (χ0v) is 15.1. The molecule has 7 heteroatoms. The number of carbonyl (C=O) groups excluding carboxylic acids is 1. The number of benzene rings is 1. The van der Waals surface area contributed by atoms with Gasteiger partial charge in [0.1, 0.15) is 17.5 Å². The van der Waals surface area contributed by atoms with Gasteiger partial charge in [-0.1, -0.05) is 0 Å². The van der Waals surface area contributed by atoms with E-state index in [1.807, 2.05) is 7.05 Å². The van der Waals surface area contributed by atoms with Crippen molar-refractivity contribution < 1.29 is 13.9 Å². The van der Waals surface area contributed by atoms with Gasteiger partial charge in [-0.2, -0.15) is 0 Å². The molecule has 1 aliphatic carbocycles. The Morgan fingerprint density at radius 2 is 2.21 bits per heavy atom. The molecule has 1 aromatic carbocycles. The number of anilines is 1. The molecule has 2 heterocycles. The molecule has 4 rings (SSSR count). The number of ether oxygens (including phenoxy) is 1. The summed E-state index contributed by atoms with van der Waals surface area (Å²) >= 11 is 3.21. The number of methoxy groups -OCH3 is 1. The van der Waals surface area contributed by atoms with Crippen molar-refractivity contribution in [2.75, 3.05) is 19.5 Å². The van der Waals surface area contributed by atoms with Gasteiger partial charge in [0.25, 0.3) is 0 Å². The number of nitrogens with zero attached hydrogens (tertiary/aromatic N) is 2. The molecule has 0 radical (unpaired) electrons. The number of rotatable bonds is 2. The largest absolute Gasteiger partial charge is 0.426 e. The van der Waals surface area contributed by atoms with Crippen molar-refractivity contribution in [2.45, 2.75) is 31.4 Å². The number of urea groups is 1. The van der Waals surface area contributed by atoms with Crippen molar-refractivity contribution in [3.63, 3.8) is 0 Å². The molecule has 2 aromatic rings. The van der Waals surface area contributed by atoms with Crippen LogP contribution in [0.2, 0.25) is 0 Å². The van der Waals surface area contributed by atoms with Crippen LogP contribution in [0.5, 0.6) is 0 Å². The van der Waals surface area contributed by atoms with E-state index in [2.05, 4.69) is 26.2 Å². The Hall–Kier alpha value is -1.57. The number of hydrogen-bond acceptors (Lipinski definition) is 3. The highest BCUT2D eigenvalue weighted by Crippen LogP contribution is 2.46. The molecule has 1 aliphatic heterocycles. The minimum Gasteiger partial charge on any atom is -0.381 e. The molecule has 0 bridgehead atoms. The third kappa shape index (κ3) is 2.11. The van der Waals surface area contributed by atoms with Crippen LogP contribution in [0.3, 0.4) is 0 Å². The standard InChI is InChI=1S/C17H17BrFN3O2/c1-22(9-3-4-10(5-9)24-2)15-8-20-14-7-13(19)12(18)6-11(14)16(15)21-17(22)23/h6-10H,3-5H2,1-2H3/p+1. The minimum absolute atomic E-state index is 0.0681. The first-order valence-corrected chi connectivity index (χ1v) is 8.73. The highest BCUT2D eigenvalue weighted by molar-refractivity contribution is 9.10. The highest BCUT2D eigenvalue weighted by Gasteiger charge is 2.52. The van der Waals surface area contributed by atoms with E-state index in [-0.39, 0.29) is 28.5 Å². The van der Waals surface area contributed by atoms with Crippen LogP contribution in [0.1, 0.15) is 19.3 Å². The Morgan fingerprint density at radius 1 is 1.42 bits per heavy atom. The normalized spacial score (nSPS) is 29.1. The second-order valence-electron chi connectivity index (χ2n) is 6.63. The van der Waals surface area contributed by atoms with Crippen molar-refractivity contribution in [3.05, 3.63) is 28.6 Å². The lowest BCUT2D eigenvalue weighted by Crippen LogP contribution is -2.55. The van der Waals surface area contributed by atoms with Gasteiger partial charge in [-0.05, 0) is 28.4 Å². The maximum atomic E-state index is 13.8. The smallest absolute Gasteiger partial charge is 0.381 e. The molecular weight excluding hydrogens is 377 g/mol. The van der Waals surface area contributed by atoms with Crippen LogP contribution in [0.15, 0.2) is 22.8 Å². The lowest BCUT2D eigenvalue weighted by Gasteiger charge is -2.31. The molecule has 1 aromatic heterocycles. The van der Waals surface area contributed by atoms with Crippen molar-refractivity contribution in [1.82, 2.24) is 9.47 Å². The van der Waals surface area contributed by atoms with E-state index in [0.717, 1.165) is 36.0 Å². The summed E-state index contributed by atoms with van der Waals surface area (Å²) in [6, 6.07) is 3.14. The van der Waals surface area contributed by atoms with Gasteiger partial charge in [-0.25, -0.2) is 18.7 Å². The molecule has 0 spiro atoms. The zero-order valence-electron chi connectivity index (χ0n) is 13.5. The molecule has 0 saturated heterocycles. The number of pyridine rings is 1. The first kappa shape index (κ1) is 15.9. The van der Waals surface area contributed by atoms with Gasteiger partial charge < -0.3 is 4.74 Å². The number of aromatic nitrogens is 1. The monoisotopic (exact) mass is 394 g/mol. The number of nitrogens with one attached hydrogen (secondary N) is 1. The van der Waals surface area contributed by atoms with Crippen LogP contribution >= 0.6 is 15.9 Å². The molecular formula is C17H18BrFN3O2+. The third-order valence-electron chi connectivity index (χ3n) is 5.46. The number of hydrogen-bond donors (Lipinski definition) is 1. The fourth-order valence-corrected chi connectivity index (χ4v) is 4.30. The second-order valence-corrected chi connectivity index (χ2v) is 7.49. The summed E-state index contributed by atoms with van der Waals surface area (Å²) in [5.41, 5.74) is 2.10. The van der Waals surface area contributed by atoms with E-state index < -0.39 is 0 Å². The number of fused-ring (bicyclic) bond motifs is 3. The highest BCUT2D eigenvalue weighted by atomic mass is 79.9. The summed E-state index contributed by atoms with van der Waals surface area (Å²) < 4.78 is 19.8. The molecule has 2 amide bonds. The SMILES string of the molecule is COC1CCC([N+]2(C)C(=O)Nc3c2cnc2cc(F)c(Br)cc32)C1. The van der Waals surface area contributed by atoms with Gasteiger partial charge >= 0.3 is 6.03 Å². The fraction of sp³-hybridized carbons (Fsp3) is 0.412. The molecule has 5 nitrogen and oxygen atoms in total. The summed E-state index contributed by atoms with van der Waals surface area (Å²) in [7, 11) is 3.64. The maximum Gasteiger partial charge on any atom is 0.426 e. The van der Waals surface area contributed by atoms with Crippen molar-refractivity contribution >= 4 is 44.2 Å². The molecule has 1 saturated carbocycles. The van der Waals surface area contributed by atoms with Crippen LogP contribution < -0.4 is 9.80 Å². The zero-order chi connectivity index (χ0) is 17.1. The van der Waals surface area contributed by atoms with Crippen molar-refractivity contribution in [2.24, 2.45) is 0 Å². The average molecular weight is 395 g/mol. The number of halogens is 2. The van der Waals surface area contributed by atoms with Crippen molar-refractivity contribution in [1.29, 1.82) is 0 Å². The van der Waals surface area contributed by atoms with E-state index in [0.29, 0.717) is 9.99 Å².